The van der Waals surface area contributed by atoms with Gasteiger partial charge in [0.2, 0.25) is 5.91 Å². The predicted octanol–water partition coefficient (Wildman–Crippen LogP) is 1.84. The van der Waals surface area contributed by atoms with E-state index in [4.69, 9.17) is 5.73 Å². The van der Waals surface area contributed by atoms with Gasteiger partial charge in [0.15, 0.2) is 0 Å². The van der Waals surface area contributed by atoms with Crippen LogP contribution in [0.25, 0.3) is 0 Å². The van der Waals surface area contributed by atoms with E-state index >= 15 is 0 Å². The fourth-order valence-electron chi connectivity index (χ4n) is 2.37. The molecule has 1 amide bonds. The summed E-state index contributed by atoms with van der Waals surface area (Å²) in [6, 6.07) is 3.79. The summed E-state index contributed by atoms with van der Waals surface area (Å²) in [7, 11) is 0. The number of pyridine rings is 1. The molecular formula is C14H24Cl2N4O. The number of carbonyl (C=O) groups excluding carboxylic acids is 1. The van der Waals surface area contributed by atoms with Crippen molar-refractivity contribution in [1.82, 2.24) is 9.88 Å². The number of nitrogens with one attached hydrogen (secondary N) is 1. The van der Waals surface area contributed by atoms with Crippen LogP contribution in [0, 0.1) is 12.8 Å². The van der Waals surface area contributed by atoms with Gasteiger partial charge < -0.3 is 16.0 Å². The highest BCUT2D eigenvalue weighted by molar-refractivity contribution is 5.91. The number of halogens is 2. The summed E-state index contributed by atoms with van der Waals surface area (Å²) in [6.07, 6.45) is 3.56. The fraction of sp³-hybridized carbons (Fsp3) is 0.571. The molecule has 2 heterocycles. The van der Waals surface area contributed by atoms with Crippen LogP contribution in [0.15, 0.2) is 18.3 Å². The van der Waals surface area contributed by atoms with Gasteiger partial charge in [-0.15, -0.1) is 24.8 Å². The quantitative estimate of drug-likeness (QED) is 0.881. The molecule has 1 saturated heterocycles. The topological polar surface area (TPSA) is 71.2 Å². The number of carbonyl (C=O) groups is 1. The first-order valence-electron chi connectivity index (χ1n) is 6.85. The number of piperidine rings is 1. The van der Waals surface area contributed by atoms with Gasteiger partial charge in [-0.2, -0.15) is 0 Å². The second-order valence-corrected chi connectivity index (χ2v) is 5.11. The lowest BCUT2D eigenvalue weighted by Gasteiger charge is -2.30. The van der Waals surface area contributed by atoms with E-state index in [2.05, 4.69) is 15.2 Å². The lowest BCUT2D eigenvalue weighted by atomic mass is 9.96. The molecule has 120 valence electrons. The Kier molecular flexibility index (Phi) is 9.53. The summed E-state index contributed by atoms with van der Waals surface area (Å²) < 4.78 is 0. The van der Waals surface area contributed by atoms with E-state index in [9.17, 15) is 4.79 Å². The minimum absolute atomic E-state index is 0. The highest BCUT2D eigenvalue weighted by Gasteiger charge is 2.24. The molecule has 21 heavy (non-hydrogen) atoms. The van der Waals surface area contributed by atoms with Crippen molar-refractivity contribution in [3.05, 3.63) is 23.9 Å². The van der Waals surface area contributed by atoms with E-state index < -0.39 is 0 Å². The second kappa shape index (κ2) is 9.95. The fourth-order valence-corrected chi connectivity index (χ4v) is 2.37. The smallest absolute Gasteiger partial charge is 0.228 e. The molecule has 1 aliphatic heterocycles. The summed E-state index contributed by atoms with van der Waals surface area (Å²) in [5.41, 5.74) is 6.63. The third-order valence-corrected chi connectivity index (χ3v) is 3.57. The molecule has 0 aromatic carbocycles. The zero-order chi connectivity index (χ0) is 13.7. The van der Waals surface area contributed by atoms with Gasteiger partial charge >= 0.3 is 0 Å². The van der Waals surface area contributed by atoms with Gasteiger partial charge in [0.25, 0.3) is 0 Å². The second-order valence-electron chi connectivity index (χ2n) is 5.11. The van der Waals surface area contributed by atoms with Crippen molar-refractivity contribution in [2.75, 3.05) is 31.5 Å². The summed E-state index contributed by atoms with van der Waals surface area (Å²) in [5, 5.41) is 2.89. The van der Waals surface area contributed by atoms with Crippen molar-refractivity contribution in [1.29, 1.82) is 0 Å². The van der Waals surface area contributed by atoms with Gasteiger partial charge in [-0.05, 0) is 44.5 Å². The van der Waals surface area contributed by atoms with Crippen molar-refractivity contribution < 1.29 is 4.79 Å². The molecule has 2 rings (SSSR count). The molecule has 3 N–H and O–H groups in total. The summed E-state index contributed by atoms with van der Waals surface area (Å²) in [5.74, 6) is 0.820. The Balaban J connectivity index is 0.00000200. The molecule has 1 aromatic heterocycles. The number of aryl methyl sites for hydroxylation is 1. The molecule has 7 heteroatoms. The van der Waals surface area contributed by atoms with Crippen molar-refractivity contribution in [2.45, 2.75) is 19.8 Å². The van der Waals surface area contributed by atoms with E-state index in [-0.39, 0.29) is 36.6 Å². The number of aromatic nitrogens is 1. The first-order chi connectivity index (χ1) is 9.19. The average Bonchev–Trinajstić information content (AvgIpc) is 2.42. The van der Waals surface area contributed by atoms with Crippen LogP contribution in [-0.2, 0) is 4.79 Å². The van der Waals surface area contributed by atoms with Gasteiger partial charge in [-0.25, -0.2) is 4.98 Å². The Morgan fingerprint density at radius 2 is 2.05 bits per heavy atom. The minimum atomic E-state index is 0. The molecule has 0 saturated carbocycles. The number of hydrogen-bond donors (Lipinski definition) is 2. The Bertz CT molecular complexity index is 419. The van der Waals surface area contributed by atoms with E-state index in [1.807, 2.05) is 19.1 Å². The van der Waals surface area contributed by atoms with Crippen LogP contribution in [0.5, 0.6) is 0 Å². The van der Waals surface area contributed by atoms with Crippen LogP contribution in [0.1, 0.15) is 18.4 Å². The number of likely N-dealkylation sites (tertiary alicyclic amines) is 1. The van der Waals surface area contributed by atoms with Crippen molar-refractivity contribution in [3.8, 4) is 0 Å². The third kappa shape index (κ3) is 6.18. The summed E-state index contributed by atoms with van der Waals surface area (Å²) in [6.45, 7) is 5.50. The molecule has 0 bridgehead atoms. The minimum Gasteiger partial charge on any atom is -0.329 e. The number of nitrogens with two attached hydrogens (primary N) is 1. The van der Waals surface area contributed by atoms with Crippen LogP contribution >= 0.6 is 24.8 Å². The molecule has 1 aliphatic rings. The third-order valence-electron chi connectivity index (χ3n) is 3.57. The zero-order valence-corrected chi connectivity index (χ0v) is 13.9. The molecule has 0 unspecified atom stereocenters. The maximum Gasteiger partial charge on any atom is 0.228 e. The molecule has 0 aliphatic carbocycles. The van der Waals surface area contributed by atoms with Crippen LogP contribution in [-0.4, -0.2) is 42.0 Å². The maximum atomic E-state index is 12.1. The van der Waals surface area contributed by atoms with Crippen LogP contribution in [0.4, 0.5) is 5.82 Å². The largest absolute Gasteiger partial charge is 0.329 e. The highest BCUT2D eigenvalue weighted by Crippen LogP contribution is 2.18. The molecule has 0 spiro atoms. The number of rotatable bonds is 4. The number of amides is 1. The maximum absolute atomic E-state index is 12.1. The first kappa shape index (κ1) is 20.1. The average molecular weight is 335 g/mol. The van der Waals surface area contributed by atoms with E-state index in [1.165, 1.54) is 0 Å². The number of hydrogen-bond acceptors (Lipinski definition) is 4. The molecule has 1 aromatic rings. The van der Waals surface area contributed by atoms with Gasteiger partial charge in [0.05, 0.1) is 0 Å². The van der Waals surface area contributed by atoms with E-state index in [0.717, 1.165) is 38.0 Å². The summed E-state index contributed by atoms with van der Waals surface area (Å²) >= 11 is 0. The van der Waals surface area contributed by atoms with Gasteiger partial charge in [-0.1, -0.05) is 6.07 Å². The molecular weight excluding hydrogens is 311 g/mol. The Morgan fingerprint density at radius 1 is 1.38 bits per heavy atom. The Labute approximate surface area is 138 Å². The Hall–Kier alpha value is -0.880. The SMILES string of the molecule is Cc1ccc(NC(=O)C2CCN(CCN)CC2)nc1.Cl.Cl. The number of anilines is 1. The van der Waals surface area contributed by atoms with Crippen LogP contribution < -0.4 is 11.1 Å². The molecule has 1 fully saturated rings. The molecule has 0 radical (unpaired) electrons. The van der Waals surface area contributed by atoms with Crippen molar-refractivity contribution in [2.24, 2.45) is 11.7 Å². The molecule has 5 nitrogen and oxygen atoms in total. The van der Waals surface area contributed by atoms with Crippen LogP contribution in [0.2, 0.25) is 0 Å². The van der Waals surface area contributed by atoms with E-state index in [0.29, 0.717) is 12.4 Å². The van der Waals surface area contributed by atoms with Gasteiger partial charge in [-0.3, -0.25) is 4.79 Å². The zero-order valence-electron chi connectivity index (χ0n) is 12.2. The van der Waals surface area contributed by atoms with Crippen LogP contribution in [0.3, 0.4) is 0 Å². The van der Waals surface area contributed by atoms with Gasteiger partial charge in [0, 0.05) is 25.2 Å². The van der Waals surface area contributed by atoms with Crippen molar-refractivity contribution in [3.63, 3.8) is 0 Å². The van der Waals surface area contributed by atoms with E-state index in [1.54, 1.807) is 6.20 Å². The Morgan fingerprint density at radius 3 is 2.57 bits per heavy atom. The van der Waals surface area contributed by atoms with Gasteiger partial charge in [0.1, 0.15) is 5.82 Å². The standard InChI is InChI=1S/C14H22N4O.2ClH/c1-11-2-3-13(16-10-11)17-14(19)12-4-7-18(8-5-12)9-6-15;;/h2-3,10,12H,4-9,15H2,1H3,(H,16,17,19);2*1H. The lowest BCUT2D eigenvalue weighted by molar-refractivity contribution is -0.121. The first-order valence-corrected chi connectivity index (χ1v) is 6.85. The summed E-state index contributed by atoms with van der Waals surface area (Å²) in [4.78, 5) is 18.6. The molecule has 0 atom stereocenters. The predicted molar refractivity (Wildman–Crippen MR) is 90.3 cm³/mol. The number of nitrogens with zero attached hydrogens (tertiary/aromatic N) is 2. The highest BCUT2D eigenvalue weighted by atomic mass is 35.5. The lowest BCUT2D eigenvalue weighted by Crippen LogP contribution is -2.40. The monoisotopic (exact) mass is 334 g/mol. The van der Waals surface area contributed by atoms with Crippen molar-refractivity contribution >= 4 is 36.5 Å². The normalized spacial score (nSPS) is 15.7.